The lowest BCUT2D eigenvalue weighted by molar-refractivity contribution is 0.137. The van der Waals surface area contributed by atoms with Crippen molar-refractivity contribution in [3.8, 4) is 0 Å². The molecule has 102 valence electrons. The van der Waals surface area contributed by atoms with E-state index in [0.717, 1.165) is 5.57 Å². The molecule has 2 N–H and O–H groups in total. The van der Waals surface area contributed by atoms with Crippen LogP contribution in [0.5, 0.6) is 0 Å². The van der Waals surface area contributed by atoms with Crippen LogP contribution in [0.4, 0.5) is 4.79 Å². The minimum absolute atomic E-state index is 1.15. The summed E-state index contributed by atoms with van der Waals surface area (Å²) in [4.78, 5) is 8.56. The molecule has 0 amide bonds. The highest BCUT2D eigenvalue weighted by atomic mass is 16.6. The molecule has 0 saturated heterocycles. The fraction of sp³-hybridized carbons (Fsp3) is 0. The normalized spacial score (nSPS) is 10.1. The van der Waals surface area contributed by atoms with Crippen molar-refractivity contribution in [3.05, 3.63) is 84.4 Å². The minimum Gasteiger partial charge on any atom is -0.450 e. The Labute approximate surface area is 118 Å². The van der Waals surface area contributed by atoms with E-state index in [4.69, 9.17) is 15.0 Å². The van der Waals surface area contributed by atoms with E-state index in [1.54, 1.807) is 0 Å². The lowest BCUT2D eigenvalue weighted by atomic mass is 10.0. The Morgan fingerprint density at radius 1 is 0.900 bits per heavy atom. The fourth-order valence-electron chi connectivity index (χ4n) is 1.62. The smallest absolute Gasteiger partial charge is 0.450 e. The first kappa shape index (κ1) is 15.2. The number of rotatable bonds is 3. The number of allylic oxidation sites excluding steroid dienone is 2. The second-order valence-electron chi connectivity index (χ2n) is 3.86. The van der Waals surface area contributed by atoms with Crippen LogP contribution in [-0.4, -0.2) is 16.4 Å². The number of hydrogen-bond acceptors (Lipinski definition) is 1. The van der Waals surface area contributed by atoms with Gasteiger partial charge in [0.1, 0.15) is 0 Å². The van der Waals surface area contributed by atoms with Gasteiger partial charge in [0.05, 0.1) is 0 Å². The van der Waals surface area contributed by atoms with Crippen LogP contribution >= 0.6 is 0 Å². The molecular formula is C17H16O3. The molecule has 20 heavy (non-hydrogen) atoms. The van der Waals surface area contributed by atoms with Gasteiger partial charge in [-0.05, 0) is 22.8 Å². The van der Waals surface area contributed by atoms with E-state index in [0.29, 0.717) is 0 Å². The van der Waals surface area contributed by atoms with Gasteiger partial charge in [-0.25, -0.2) is 4.79 Å². The third-order valence-corrected chi connectivity index (χ3v) is 2.45. The maximum absolute atomic E-state index is 8.56. The predicted octanol–water partition coefficient (Wildman–Crippen LogP) is 4.64. The predicted molar refractivity (Wildman–Crippen MR) is 81.6 cm³/mol. The van der Waals surface area contributed by atoms with E-state index < -0.39 is 6.16 Å². The molecule has 0 radical (unpaired) electrons. The van der Waals surface area contributed by atoms with Gasteiger partial charge in [0.25, 0.3) is 0 Å². The molecular weight excluding hydrogens is 252 g/mol. The zero-order valence-corrected chi connectivity index (χ0v) is 10.9. The Bertz CT molecular complexity index is 568. The molecule has 0 atom stereocenters. The van der Waals surface area contributed by atoms with E-state index >= 15 is 0 Å². The standard InChI is InChI=1S/C16H14.CH2O3/c1-2-15(16-11-7-4-8-12-16)13-14-9-5-3-6-10-14;2-1(3)4/h2-13H,1H2;(H2,2,3,4). The third kappa shape index (κ3) is 5.69. The molecule has 0 unspecified atom stereocenters. The van der Waals surface area contributed by atoms with Gasteiger partial charge in [-0.1, -0.05) is 73.3 Å². The zero-order valence-electron chi connectivity index (χ0n) is 10.9. The molecule has 0 aliphatic carbocycles. The van der Waals surface area contributed by atoms with Crippen LogP contribution in [0.1, 0.15) is 11.1 Å². The maximum Gasteiger partial charge on any atom is 0.503 e. The van der Waals surface area contributed by atoms with E-state index in [9.17, 15) is 0 Å². The van der Waals surface area contributed by atoms with Gasteiger partial charge in [0, 0.05) is 0 Å². The van der Waals surface area contributed by atoms with Crippen LogP contribution in [-0.2, 0) is 0 Å². The Kier molecular flexibility index (Phi) is 6.34. The van der Waals surface area contributed by atoms with Crippen molar-refractivity contribution in [2.45, 2.75) is 0 Å². The highest BCUT2D eigenvalue weighted by molar-refractivity contribution is 5.87. The summed E-state index contributed by atoms with van der Waals surface area (Å²) in [6, 6.07) is 20.6. The molecule has 0 bridgehead atoms. The van der Waals surface area contributed by atoms with E-state index in [1.807, 2.05) is 42.5 Å². The summed E-state index contributed by atoms with van der Waals surface area (Å²) in [5.74, 6) is 0. The topological polar surface area (TPSA) is 57.5 Å². The number of carbonyl (C=O) groups is 1. The van der Waals surface area contributed by atoms with Crippen LogP contribution < -0.4 is 0 Å². The highest BCUT2D eigenvalue weighted by Gasteiger charge is 1.95. The molecule has 0 spiro atoms. The Hall–Kier alpha value is -2.81. The lowest BCUT2D eigenvalue weighted by Gasteiger charge is -2.02. The third-order valence-electron chi connectivity index (χ3n) is 2.45. The summed E-state index contributed by atoms with van der Waals surface area (Å²) in [7, 11) is 0. The van der Waals surface area contributed by atoms with Gasteiger partial charge in [0.15, 0.2) is 0 Å². The SMILES string of the molecule is C=CC(=Cc1ccccc1)c1ccccc1.O=C(O)O. The van der Waals surface area contributed by atoms with E-state index in [2.05, 4.69) is 36.9 Å². The molecule has 2 rings (SSSR count). The average Bonchev–Trinajstić information content (AvgIpc) is 2.46. The first-order valence-electron chi connectivity index (χ1n) is 6.00. The molecule has 0 aliphatic heterocycles. The highest BCUT2D eigenvalue weighted by Crippen LogP contribution is 2.18. The summed E-state index contributed by atoms with van der Waals surface area (Å²) < 4.78 is 0. The molecule has 3 nitrogen and oxygen atoms in total. The molecule has 2 aromatic rings. The van der Waals surface area contributed by atoms with Crippen molar-refractivity contribution in [1.29, 1.82) is 0 Å². The quantitative estimate of drug-likeness (QED) is 0.630. The Morgan fingerprint density at radius 3 is 1.80 bits per heavy atom. The van der Waals surface area contributed by atoms with Gasteiger partial charge in [0.2, 0.25) is 0 Å². The molecule has 0 heterocycles. The van der Waals surface area contributed by atoms with Crippen LogP contribution in [0.15, 0.2) is 73.3 Å². The zero-order chi connectivity index (χ0) is 14.8. The number of benzene rings is 2. The van der Waals surface area contributed by atoms with Crippen molar-refractivity contribution < 1.29 is 15.0 Å². The van der Waals surface area contributed by atoms with Gasteiger partial charge >= 0.3 is 6.16 Å². The Balaban J connectivity index is 0.000000444. The van der Waals surface area contributed by atoms with Gasteiger partial charge in [-0.15, -0.1) is 0 Å². The summed E-state index contributed by atoms with van der Waals surface area (Å²) in [6.07, 6.45) is 2.20. The molecule has 3 heteroatoms. The lowest BCUT2D eigenvalue weighted by Crippen LogP contribution is -1.81. The second kappa shape index (κ2) is 8.32. The van der Waals surface area contributed by atoms with Gasteiger partial charge in [-0.2, -0.15) is 0 Å². The van der Waals surface area contributed by atoms with E-state index in [-0.39, 0.29) is 0 Å². The summed E-state index contributed by atoms with van der Waals surface area (Å²) in [5.41, 5.74) is 3.54. The summed E-state index contributed by atoms with van der Waals surface area (Å²) in [6.45, 7) is 3.87. The second-order valence-corrected chi connectivity index (χ2v) is 3.86. The average molecular weight is 268 g/mol. The van der Waals surface area contributed by atoms with E-state index in [1.165, 1.54) is 11.1 Å². The molecule has 0 aromatic heterocycles. The van der Waals surface area contributed by atoms with Crippen molar-refractivity contribution in [2.24, 2.45) is 0 Å². The monoisotopic (exact) mass is 268 g/mol. The van der Waals surface area contributed by atoms with Gasteiger partial charge in [-0.3, -0.25) is 0 Å². The summed E-state index contributed by atoms with van der Waals surface area (Å²) >= 11 is 0. The van der Waals surface area contributed by atoms with Crippen LogP contribution in [0, 0.1) is 0 Å². The van der Waals surface area contributed by atoms with Crippen LogP contribution in [0.2, 0.25) is 0 Å². The summed E-state index contributed by atoms with van der Waals surface area (Å²) in [5, 5.41) is 13.9. The van der Waals surface area contributed by atoms with Crippen LogP contribution in [0.3, 0.4) is 0 Å². The van der Waals surface area contributed by atoms with Crippen molar-refractivity contribution in [2.75, 3.05) is 0 Å². The molecule has 0 aliphatic rings. The largest absolute Gasteiger partial charge is 0.503 e. The number of carboxylic acid groups (broad SMARTS) is 2. The first-order chi connectivity index (χ1) is 9.63. The van der Waals surface area contributed by atoms with Gasteiger partial charge < -0.3 is 10.2 Å². The van der Waals surface area contributed by atoms with Crippen molar-refractivity contribution in [3.63, 3.8) is 0 Å². The fourth-order valence-corrected chi connectivity index (χ4v) is 1.62. The molecule has 0 fully saturated rings. The molecule has 2 aromatic carbocycles. The molecule has 0 saturated carbocycles. The maximum atomic E-state index is 8.56. The first-order valence-corrected chi connectivity index (χ1v) is 6.00. The van der Waals surface area contributed by atoms with Crippen molar-refractivity contribution >= 4 is 17.8 Å². The Morgan fingerprint density at radius 2 is 1.35 bits per heavy atom. The minimum atomic E-state index is -1.83. The van der Waals surface area contributed by atoms with Crippen molar-refractivity contribution in [1.82, 2.24) is 0 Å². The number of hydrogen-bond donors (Lipinski definition) is 2. The van der Waals surface area contributed by atoms with Crippen LogP contribution in [0.25, 0.3) is 11.6 Å².